The van der Waals surface area contributed by atoms with Crippen molar-refractivity contribution in [3.63, 3.8) is 0 Å². The Morgan fingerprint density at radius 2 is 1.72 bits per heavy atom. The molecule has 0 bridgehead atoms. The van der Waals surface area contributed by atoms with Crippen molar-refractivity contribution in [3.8, 4) is 34.3 Å². The summed E-state index contributed by atoms with van der Waals surface area (Å²) in [6, 6.07) is 25.7. The molecule has 2 aromatic heterocycles. The zero-order chi connectivity index (χ0) is 21.9. The number of imidazole rings is 1. The number of fused-ring (bicyclic) bond motifs is 1. The fraction of sp³-hybridized carbons (Fsp3) is 0.154. The lowest BCUT2D eigenvalue weighted by Gasteiger charge is -2.11. The summed E-state index contributed by atoms with van der Waals surface area (Å²) in [6.07, 6.45) is 0. The van der Waals surface area contributed by atoms with E-state index >= 15 is 0 Å². The topological polar surface area (TPSA) is 62.3 Å². The van der Waals surface area contributed by atoms with E-state index in [9.17, 15) is 0 Å². The minimum absolute atomic E-state index is 0.515. The van der Waals surface area contributed by atoms with E-state index in [1.165, 1.54) is 0 Å². The highest BCUT2D eigenvalue weighted by Gasteiger charge is 2.17. The maximum Gasteiger partial charge on any atom is 0.167 e. The first-order valence-electron chi connectivity index (χ1n) is 10.5. The summed E-state index contributed by atoms with van der Waals surface area (Å²) in [5.74, 6) is 3.12. The Balaban J connectivity index is 1.45. The molecule has 0 radical (unpaired) electrons. The molecule has 0 saturated heterocycles. The molecule has 0 atom stereocenters. The molecule has 0 unspecified atom stereocenters. The molecule has 0 fully saturated rings. The smallest absolute Gasteiger partial charge is 0.167 e. The minimum Gasteiger partial charge on any atom is -0.497 e. The molecule has 160 valence electrons. The van der Waals surface area contributed by atoms with E-state index in [0.717, 1.165) is 39.5 Å². The quantitative estimate of drug-likeness (QED) is 0.332. The SMILES string of the molecule is COc1ccc(-c2cc(-c3nc4ccccc4n3CCOc3ccccc3C)no2)cc1. The summed E-state index contributed by atoms with van der Waals surface area (Å²) in [4.78, 5) is 4.83. The van der Waals surface area contributed by atoms with E-state index in [2.05, 4.69) is 15.8 Å². The second-order valence-electron chi connectivity index (χ2n) is 7.49. The number of benzene rings is 3. The zero-order valence-corrected chi connectivity index (χ0v) is 18.0. The lowest BCUT2D eigenvalue weighted by Crippen LogP contribution is -2.10. The molecule has 5 rings (SSSR count). The van der Waals surface area contributed by atoms with Crippen LogP contribution in [0.15, 0.2) is 83.4 Å². The average molecular weight is 425 g/mol. The van der Waals surface area contributed by atoms with Crippen LogP contribution < -0.4 is 9.47 Å². The lowest BCUT2D eigenvalue weighted by atomic mass is 10.1. The number of para-hydroxylation sites is 3. The van der Waals surface area contributed by atoms with Crippen molar-refractivity contribution < 1.29 is 14.0 Å². The highest BCUT2D eigenvalue weighted by atomic mass is 16.5. The maximum absolute atomic E-state index is 6.04. The van der Waals surface area contributed by atoms with Gasteiger partial charge in [0.05, 0.1) is 24.7 Å². The molecule has 0 N–H and O–H groups in total. The van der Waals surface area contributed by atoms with Crippen molar-refractivity contribution in [1.29, 1.82) is 0 Å². The lowest BCUT2D eigenvalue weighted by molar-refractivity contribution is 0.299. The third kappa shape index (κ3) is 3.83. The standard InChI is InChI=1S/C26H23N3O3/c1-18-7-3-6-10-24(18)31-16-15-29-23-9-5-4-8-21(23)27-26(29)22-17-25(32-28-22)19-11-13-20(30-2)14-12-19/h3-14,17H,15-16H2,1-2H3. The highest BCUT2D eigenvalue weighted by Crippen LogP contribution is 2.29. The maximum atomic E-state index is 6.04. The molecule has 0 aliphatic carbocycles. The predicted octanol–water partition coefficient (Wildman–Crippen LogP) is 5.75. The number of rotatable bonds is 7. The van der Waals surface area contributed by atoms with Gasteiger partial charge in [-0.05, 0) is 55.0 Å². The molecule has 0 saturated carbocycles. The molecule has 0 aliphatic heterocycles. The number of nitrogens with zero attached hydrogens (tertiary/aromatic N) is 3. The Kier molecular flexibility index (Phi) is 5.34. The third-order valence-corrected chi connectivity index (χ3v) is 5.43. The van der Waals surface area contributed by atoms with Gasteiger partial charge in [0.1, 0.15) is 23.8 Å². The second-order valence-corrected chi connectivity index (χ2v) is 7.49. The molecular weight excluding hydrogens is 402 g/mol. The van der Waals surface area contributed by atoms with Crippen LogP contribution in [0, 0.1) is 6.92 Å². The number of hydrogen-bond acceptors (Lipinski definition) is 5. The highest BCUT2D eigenvalue weighted by molar-refractivity contribution is 5.80. The van der Waals surface area contributed by atoms with Crippen molar-refractivity contribution in [1.82, 2.24) is 14.7 Å². The number of ether oxygens (including phenoxy) is 2. The first-order valence-corrected chi connectivity index (χ1v) is 10.5. The van der Waals surface area contributed by atoms with Crippen LogP contribution in [0.5, 0.6) is 11.5 Å². The summed E-state index contributed by atoms with van der Waals surface area (Å²) in [5.41, 5.74) is 4.67. The van der Waals surface area contributed by atoms with Crippen molar-refractivity contribution >= 4 is 11.0 Å². The number of aryl methyl sites for hydroxylation is 1. The zero-order valence-electron chi connectivity index (χ0n) is 18.0. The van der Waals surface area contributed by atoms with Gasteiger partial charge < -0.3 is 18.6 Å². The Bertz CT molecular complexity index is 1350. The third-order valence-electron chi connectivity index (χ3n) is 5.43. The summed E-state index contributed by atoms with van der Waals surface area (Å²) >= 11 is 0. The summed E-state index contributed by atoms with van der Waals surface area (Å²) in [7, 11) is 1.65. The van der Waals surface area contributed by atoms with Gasteiger partial charge in [0.15, 0.2) is 11.6 Å². The fourth-order valence-corrected chi connectivity index (χ4v) is 3.73. The van der Waals surface area contributed by atoms with Crippen molar-refractivity contribution in [2.24, 2.45) is 0 Å². The van der Waals surface area contributed by atoms with Crippen LogP contribution in [0.2, 0.25) is 0 Å². The van der Waals surface area contributed by atoms with Gasteiger partial charge in [-0.3, -0.25) is 0 Å². The molecule has 6 heteroatoms. The molecule has 0 aliphatic rings. The van der Waals surface area contributed by atoms with Gasteiger partial charge in [0, 0.05) is 11.6 Å². The van der Waals surface area contributed by atoms with Crippen LogP contribution in [0.25, 0.3) is 33.9 Å². The van der Waals surface area contributed by atoms with Crippen molar-refractivity contribution in [3.05, 3.63) is 84.4 Å². The van der Waals surface area contributed by atoms with Crippen molar-refractivity contribution in [2.45, 2.75) is 13.5 Å². The average Bonchev–Trinajstić information content (AvgIpc) is 3.46. The molecular formula is C26H23N3O3. The van der Waals surface area contributed by atoms with Crippen LogP contribution in [0.1, 0.15) is 5.56 Å². The Labute approximate surface area is 186 Å². The van der Waals surface area contributed by atoms with Crippen LogP contribution in [-0.2, 0) is 6.54 Å². The molecule has 5 aromatic rings. The van der Waals surface area contributed by atoms with Crippen molar-refractivity contribution in [2.75, 3.05) is 13.7 Å². The molecule has 3 aromatic carbocycles. The fourth-order valence-electron chi connectivity index (χ4n) is 3.73. The van der Waals surface area contributed by atoms with Crippen LogP contribution in [0.3, 0.4) is 0 Å². The molecule has 6 nitrogen and oxygen atoms in total. The monoisotopic (exact) mass is 425 g/mol. The van der Waals surface area contributed by atoms with E-state index in [4.69, 9.17) is 19.0 Å². The van der Waals surface area contributed by atoms with Gasteiger partial charge in [0.2, 0.25) is 0 Å². The second kappa shape index (κ2) is 8.59. The van der Waals surface area contributed by atoms with E-state index in [1.54, 1.807) is 7.11 Å². The molecule has 0 spiro atoms. The largest absolute Gasteiger partial charge is 0.497 e. The van der Waals surface area contributed by atoms with Crippen LogP contribution >= 0.6 is 0 Å². The van der Waals surface area contributed by atoms with Crippen LogP contribution in [0.4, 0.5) is 0 Å². The molecule has 0 amide bonds. The minimum atomic E-state index is 0.515. The normalized spacial score (nSPS) is 11.1. The molecule has 32 heavy (non-hydrogen) atoms. The predicted molar refractivity (Wildman–Crippen MR) is 124 cm³/mol. The Morgan fingerprint density at radius 3 is 2.53 bits per heavy atom. The summed E-state index contributed by atoms with van der Waals surface area (Å²) in [6.45, 7) is 3.19. The van der Waals surface area contributed by atoms with Crippen LogP contribution in [-0.4, -0.2) is 28.4 Å². The van der Waals surface area contributed by atoms with E-state index in [1.807, 2.05) is 79.7 Å². The van der Waals surface area contributed by atoms with Gasteiger partial charge in [-0.1, -0.05) is 35.5 Å². The summed E-state index contributed by atoms with van der Waals surface area (Å²) < 4.78 is 19.0. The Morgan fingerprint density at radius 1 is 0.938 bits per heavy atom. The molecule has 2 heterocycles. The van der Waals surface area contributed by atoms with Gasteiger partial charge in [-0.25, -0.2) is 4.98 Å². The van der Waals surface area contributed by atoms with Gasteiger partial charge in [0.25, 0.3) is 0 Å². The van der Waals surface area contributed by atoms with Gasteiger partial charge in [-0.2, -0.15) is 0 Å². The van der Waals surface area contributed by atoms with E-state index in [0.29, 0.717) is 24.6 Å². The van der Waals surface area contributed by atoms with Gasteiger partial charge in [-0.15, -0.1) is 0 Å². The number of methoxy groups -OCH3 is 1. The first-order chi connectivity index (χ1) is 15.7. The summed E-state index contributed by atoms with van der Waals surface area (Å²) in [5, 5.41) is 4.31. The first kappa shape index (κ1) is 19.9. The van der Waals surface area contributed by atoms with E-state index in [-0.39, 0.29) is 0 Å². The number of aromatic nitrogens is 3. The number of hydrogen-bond donors (Lipinski definition) is 0. The van der Waals surface area contributed by atoms with E-state index < -0.39 is 0 Å². The van der Waals surface area contributed by atoms with Gasteiger partial charge >= 0.3 is 0 Å². The Hall–Kier alpha value is -4.06.